The van der Waals surface area contributed by atoms with Gasteiger partial charge in [0.1, 0.15) is 11.3 Å². The lowest BCUT2D eigenvalue weighted by molar-refractivity contribution is -0.127. The molecule has 1 amide bonds. The molecule has 0 spiro atoms. The van der Waals surface area contributed by atoms with Crippen molar-refractivity contribution in [1.29, 1.82) is 0 Å². The molecule has 130 valence electrons. The first-order valence-corrected chi connectivity index (χ1v) is 8.54. The zero-order valence-corrected chi connectivity index (χ0v) is 14.5. The summed E-state index contributed by atoms with van der Waals surface area (Å²) in [6, 6.07) is 10.1. The van der Waals surface area contributed by atoms with Crippen molar-refractivity contribution in [3.8, 4) is 0 Å². The summed E-state index contributed by atoms with van der Waals surface area (Å²) in [5, 5.41) is 8.82. The molecule has 6 heteroatoms. The van der Waals surface area contributed by atoms with Gasteiger partial charge >= 0.3 is 0 Å². The highest BCUT2D eigenvalue weighted by atomic mass is 16.3. The molecule has 1 aliphatic heterocycles. The number of carbonyl (C=O) groups is 1. The third-order valence-electron chi connectivity index (χ3n) is 4.94. The van der Waals surface area contributed by atoms with Crippen LogP contribution >= 0.6 is 0 Å². The number of para-hydroxylation sites is 1. The van der Waals surface area contributed by atoms with Gasteiger partial charge in [-0.3, -0.25) is 9.48 Å². The highest BCUT2D eigenvalue weighted by Crippen LogP contribution is 2.36. The Balaban J connectivity index is 1.43. The number of likely N-dealkylation sites (tertiary alicyclic amines) is 1. The minimum absolute atomic E-state index is 0.0735. The summed E-state index contributed by atoms with van der Waals surface area (Å²) in [6.07, 6.45) is 4.40. The molecule has 2 aromatic heterocycles. The Kier molecular flexibility index (Phi) is 4.05. The normalized spacial score (nSPS) is 20.7. The van der Waals surface area contributed by atoms with E-state index in [1.54, 1.807) is 4.68 Å². The maximum absolute atomic E-state index is 12.2. The number of furan rings is 1. The van der Waals surface area contributed by atoms with Gasteiger partial charge in [-0.15, -0.1) is 0 Å². The molecule has 1 aliphatic rings. The Labute approximate surface area is 146 Å². The molecule has 0 unspecified atom stereocenters. The molecule has 1 N–H and O–H groups in total. The molecule has 3 aromatic rings. The zero-order valence-electron chi connectivity index (χ0n) is 14.5. The Hall–Kier alpha value is -2.60. The summed E-state index contributed by atoms with van der Waals surface area (Å²) in [7, 11) is 3.77. The van der Waals surface area contributed by atoms with Gasteiger partial charge in [-0.2, -0.15) is 5.10 Å². The van der Waals surface area contributed by atoms with Gasteiger partial charge in [-0.05, 0) is 12.1 Å². The first-order chi connectivity index (χ1) is 12.1. The third-order valence-corrected chi connectivity index (χ3v) is 4.94. The van der Waals surface area contributed by atoms with Crippen LogP contribution in [0, 0.1) is 5.92 Å². The second kappa shape index (κ2) is 6.37. The van der Waals surface area contributed by atoms with Crippen LogP contribution in [0.15, 0.2) is 47.1 Å². The van der Waals surface area contributed by atoms with E-state index in [1.165, 1.54) is 0 Å². The van der Waals surface area contributed by atoms with E-state index in [4.69, 9.17) is 4.42 Å². The summed E-state index contributed by atoms with van der Waals surface area (Å²) in [6.45, 7) is 1.41. The van der Waals surface area contributed by atoms with E-state index in [1.807, 2.05) is 55.7 Å². The number of rotatable bonds is 5. The van der Waals surface area contributed by atoms with Crippen LogP contribution in [0.25, 0.3) is 11.0 Å². The first-order valence-electron chi connectivity index (χ1n) is 8.54. The quantitative estimate of drug-likeness (QED) is 0.776. The molecule has 1 fully saturated rings. The van der Waals surface area contributed by atoms with Crippen molar-refractivity contribution in [2.24, 2.45) is 13.0 Å². The summed E-state index contributed by atoms with van der Waals surface area (Å²) < 4.78 is 7.62. The van der Waals surface area contributed by atoms with Gasteiger partial charge in [-0.25, -0.2) is 0 Å². The van der Waals surface area contributed by atoms with Crippen molar-refractivity contribution in [1.82, 2.24) is 20.0 Å². The van der Waals surface area contributed by atoms with Crippen LogP contribution in [0.2, 0.25) is 0 Å². The number of carbonyl (C=O) groups excluding carboxylic acids is 1. The topological polar surface area (TPSA) is 63.3 Å². The Morgan fingerprint density at radius 3 is 2.92 bits per heavy atom. The molecular weight excluding hydrogens is 316 g/mol. The average molecular weight is 338 g/mol. The van der Waals surface area contributed by atoms with Crippen LogP contribution in [0.1, 0.15) is 23.8 Å². The van der Waals surface area contributed by atoms with Crippen molar-refractivity contribution >= 4 is 16.9 Å². The minimum Gasteiger partial charge on any atom is -0.460 e. The molecule has 1 saturated heterocycles. The van der Waals surface area contributed by atoms with Crippen LogP contribution in [-0.2, 0) is 18.4 Å². The molecule has 1 aromatic carbocycles. The van der Waals surface area contributed by atoms with Crippen LogP contribution < -0.4 is 5.32 Å². The molecule has 6 nitrogen and oxygen atoms in total. The average Bonchev–Trinajstić information content (AvgIpc) is 3.26. The van der Waals surface area contributed by atoms with Crippen molar-refractivity contribution in [2.45, 2.75) is 19.0 Å². The molecule has 25 heavy (non-hydrogen) atoms. The van der Waals surface area contributed by atoms with E-state index in [2.05, 4.69) is 16.5 Å². The molecule has 2 atom stereocenters. The van der Waals surface area contributed by atoms with Crippen molar-refractivity contribution in [3.05, 3.63) is 54.0 Å². The van der Waals surface area contributed by atoms with Gasteiger partial charge < -0.3 is 14.6 Å². The Bertz CT molecular complexity index is 865. The second-order valence-electron chi connectivity index (χ2n) is 6.74. The Morgan fingerprint density at radius 1 is 1.32 bits per heavy atom. The van der Waals surface area contributed by atoms with Crippen molar-refractivity contribution in [2.75, 3.05) is 13.6 Å². The molecular formula is C19H22N4O2. The van der Waals surface area contributed by atoms with Gasteiger partial charge in [0.05, 0.1) is 18.8 Å². The lowest BCUT2D eigenvalue weighted by atomic mass is 9.96. The number of aryl methyl sites for hydroxylation is 1. The van der Waals surface area contributed by atoms with E-state index in [0.29, 0.717) is 13.0 Å². The molecule has 4 rings (SSSR count). The van der Waals surface area contributed by atoms with Crippen molar-refractivity contribution < 1.29 is 9.21 Å². The monoisotopic (exact) mass is 338 g/mol. The maximum Gasteiger partial charge on any atom is 0.223 e. The number of nitrogens with zero attached hydrogens (tertiary/aromatic N) is 3. The second-order valence-corrected chi connectivity index (χ2v) is 6.74. The molecule has 0 aliphatic carbocycles. The third kappa shape index (κ3) is 3.05. The van der Waals surface area contributed by atoms with Gasteiger partial charge in [0.15, 0.2) is 0 Å². The summed E-state index contributed by atoms with van der Waals surface area (Å²) in [4.78, 5) is 14.0. The number of hydrogen-bond donors (Lipinski definition) is 1. The van der Waals surface area contributed by atoms with E-state index >= 15 is 0 Å². The zero-order chi connectivity index (χ0) is 17.4. The lowest BCUT2D eigenvalue weighted by Crippen LogP contribution is -2.28. The smallest absolute Gasteiger partial charge is 0.223 e. The van der Waals surface area contributed by atoms with Crippen LogP contribution in [0.4, 0.5) is 0 Å². The number of hydrogen-bond acceptors (Lipinski definition) is 4. The SMILES string of the molecule is CN1C(=O)C[C@@H](CNCc2cc3ccccc3o2)[C@@H]1c1cnn(C)c1. The highest BCUT2D eigenvalue weighted by Gasteiger charge is 2.38. The van der Waals surface area contributed by atoms with Crippen LogP contribution in [-0.4, -0.2) is 34.2 Å². The van der Waals surface area contributed by atoms with Crippen LogP contribution in [0.5, 0.6) is 0 Å². The largest absolute Gasteiger partial charge is 0.460 e. The molecule has 3 heterocycles. The molecule has 0 saturated carbocycles. The minimum atomic E-state index is 0.0735. The van der Waals surface area contributed by atoms with Gasteiger partial charge in [-0.1, -0.05) is 18.2 Å². The number of fused-ring (bicyclic) bond motifs is 1. The van der Waals surface area contributed by atoms with Gasteiger partial charge in [0.25, 0.3) is 0 Å². The van der Waals surface area contributed by atoms with E-state index in [9.17, 15) is 4.79 Å². The number of benzene rings is 1. The number of nitrogens with one attached hydrogen (secondary N) is 1. The fraction of sp³-hybridized carbons (Fsp3) is 0.368. The Morgan fingerprint density at radius 2 is 2.16 bits per heavy atom. The van der Waals surface area contributed by atoms with E-state index in [-0.39, 0.29) is 17.9 Å². The lowest BCUT2D eigenvalue weighted by Gasteiger charge is -2.24. The van der Waals surface area contributed by atoms with Crippen LogP contribution in [0.3, 0.4) is 0 Å². The molecule has 0 bridgehead atoms. The molecule has 0 radical (unpaired) electrons. The predicted molar refractivity (Wildman–Crippen MR) is 94.7 cm³/mol. The fourth-order valence-corrected chi connectivity index (χ4v) is 3.73. The maximum atomic E-state index is 12.2. The fourth-order valence-electron chi connectivity index (χ4n) is 3.73. The number of aromatic nitrogens is 2. The highest BCUT2D eigenvalue weighted by molar-refractivity contribution is 5.79. The van der Waals surface area contributed by atoms with Gasteiger partial charge in [0.2, 0.25) is 5.91 Å². The summed E-state index contributed by atoms with van der Waals surface area (Å²) in [5.74, 6) is 1.33. The standard InChI is InChI=1S/C19H22N4O2/c1-22-12-15(10-21-22)19-14(8-18(24)23(19)2)9-20-11-16-7-13-5-3-4-6-17(13)25-16/h3-7,10,12,14,19-20H,8-9,11H2,1-2H3/t14-,19+/m0/s1. The first kappa shape index (κ1) is 15.9. The van der Waals surface area contributed by atoms with E-state index in [0.717, 1.165) is 28.8 Å². The predicted octanol–water partition coefficient (Wildman–Crippen LogP) is 2.48. The van der Waals surface area contributed by atoms with Gasteiger partial charge in [0, 0.05) is 50.1 Å². The van der Waals surface area contributed by atoms with Crippen molar-refractivity contribution in [3.63, 3.8) is 0 Å². The number of amides is 1. The summed E-state index contributed by atoms with van der Waals surface area (Å²) in [5.41, 5.74) is 2.00. The summed E-state index contributed by atoms with van der Waals surface area (Å²) >= 11 is 0. The van der Waals surface area contributed by atoms with E-state index < -0.39 is 0 Å².